The summed E-state index contributed by atoms with van der Waals surface area (Å²) < 4.78 is 18.1. The van der Waals surface area contributed by atoms with Crippen molar-refractivity contribution in [3.8, 4) is 11.5 Å². The topological polar surface area (TPSA) is 133 Å². The number of hydrogen-bond acceptors (Lipinski definition) is 10. The first-order valence-electron chi connectivity index (χ1n) is 21.8. The van der Waals surface area contributed by atoms with Crippen molar-refractivity contribution >= 4 is 34.7 Å². The Morgan fingerprint density at radius 2 is 1.83 bits per heavy atom. The number of nitrogens with zero attached hydrogens (tertiary/aromatic N) is 3. The number of thiophene rings is 1. The maximum absolute atomic E-state index is 13.6. The second-order valence-electron chi connectivity index (χ2n) is 17.0. The fourth-order valence-corrected chi connectivity index (χ4v) is 9.95. The SMILES string of the molecule is CC(C)c1ccc(C(=O)N2CCOC3(CCN(Cc4cccc(CCOCCC(=O)N(CCNCCc5ccc(O)c6c5OCC(=O)N6)C5CCCCC5)c4)CC3)C2)s1. The zero-order valence-corrected chi connectivity index (χ0v) is 35.8. The predicted octanol–water partition coefficient (Wildman–Crippen LogP) is 6.36. The van der Waals surface area contributed by atoms with E-state index in [1.165, 1.54) is 22.4 Å². The van der Waals surface area contributed by atoms with Crippen molar-refractivity contribution in [1.29, 1.82) is 0 Å². The van der Waals surface area contributed by atoms with E-state index in [1.54, 1.807) is 17.4 Å². The molecule has 2 saturated heterocycles. The molecule has 3 fully saturated rings. The summed E-state index contributed by atoms with van der Waals surface area (Å²) in [6, 6.07) is 16.5. The van der Waals surface area contributed by atoms with E-state index in [0.29, 0.717) is 82.7 Å². The lowest BCUT2D eigenvalue weighted by atomic mass is 9.89. The van der Waals surface area contributed by atoms with Gasteiger partial charge in [0.05, 0.1) is 43.3 Å². The Bertz CT molecular complexity index is 1890. The number of likely N-dealkylation sites (tertiary alicyclic amines) is 1. The first-order valence-corrected chi connectivity index (χ1v) is 22.7. The van der Waals surface area contributed by atoms with Crippen LogP contribution in [0.2, 0.25) is 0 Å². The summed E-state index contributed by atoms with van der Waals surface area (Å²) in [6.07, 6.45) is 9.31. The van der Waals surface area contributed by atoms with Crippen LogP contribution in [0.3, 0.4) is 0 Å². The number of morpholine rings is 1. The number of nitrogens with one attached hydrogen (secondary N) is 2. The van der Waals surface area contributed by atoms with Gasteiger partial charge in [-0.1, -0.05) is 63.4 Å². The molecule has 4 heterocycles. The van der Waals surface area contributed by atoms with Gasteiger partial charge in [0.15, 0.2) is 12.4 Å². The van der Waals surface area contributed by atoms with Crippen molar-refractivity contribution in [3.05, 3.63) is 75.0 Å². The van der Waals surface area contributed by atoms with Crippen LogP contribution in [0.15, 0.2) is 48.5 Å². The molecule has 12 nitrogen and oxygen atoms in total. The van der Waals surface area contributed by atoms with Gasteiger partial charge in [-0.15, -0.1) is 11.3 Å². The average molecular weight is 830 g/mol. The molecule has 2 aromatic carbocycles. The molecular weight excluding hydrogens is 767 g/mol. The maximum Gasteiger partial charge on any atom is 0.264 e. The number of amides is 3. The van der Waals surface area contributed by atoms with E-state index in [4.69, 9.17) is 14.2 Å². The largest absolute Gasteiger partial charge is 0.506 e. The number of anilines is 1. The molecule has 1 spiro atoms. The molecule has 3 N–H and O–H groups in total. The molecule has 0 atom stereocenters. The van der Waals surface area contributed by atoms with Gasteiger partial charge in [0, 0.05) is 50.2 Å². The molecule has 3 aliphatic heterocycles. The monoisotopic (exact) mass is 829 g/mol. The quantitative estimate of drug-likeness (QED) is 0.105. The molecule has 0 unspecified atom stereocenters. The van der Waals surface area contributed by atoms with Gasteiger partial charge < -0.3 is 39.8 Å². The molecule has 13 heteroatoms. The number of benzene rings is 2. The number of piperidine rings is 1. The van der Waals surface area contributed by atoms with Gasteiger partial charge in [-0.2, -0.15) is 0 Å². The molecule has 4 aliphatic rings. The summed E-state index contributed by atoms with van der Waals surface area (Å²) in [5.41, 5.74) is 3.51. The third-order valence-electron chi connectivity index (χ3n) is 12.4. The Hall–Kier alpha value is -4.01. The van der Waals surface area contributed by atoms with Crippen LogP contribution in [0, 0.1) is 0 Å². The minimum Gasteiger partial charge on any atom is -0.506 e. The van der Waals surface area contributed by atoms with Crippen molar-refractivity contribution in [2.45, 2.75) is 102 Å². The maximum atomic E-state index is 13.6. The van der Waals surface area contributed by atoms with Gasteiger partial charge in [0.2, 0.25) is 5.91 Å². The first-order chi connectivity index (χ1) is 28.7. The summed E-state index contributed by atoms with van der Waals surface area (Å²) in [7, 11) is 0. The van der Waals surface area contributed by atoms with Gasteiger partial charge in [0.1, 0.15) is 11.4 Å². The van der Waals surface area contributed by atoms with Crippen LogP contribution in [0.4, 0.5) is 5.69 Å². The number of aromatic hydroxyl groups is 1. The Labute approximate surface area is 353 Å². The highest BCUT2D eigenvalue weighted by molar-refractivity contribution is 7.14. The van der Waals surface area contributed by atoms with E-state index in [9.17, 15) is 19.5 Å². The Morgan fingerprint density at radius 1 is 1.02 bits per heavy atom. The fraction of sp³-hybridized carbons (Fsp3) is 0.587. The van der Waals surface area contributed by atoms with E-state index in [-0.39, 0.29) is 41.7 Å². The predicted molar refractivity (Wildman–Crippen MR) is 230 cm³/mol. The second kappa shape index (κ2) is 20.5. The minimum atomic E-state index is -0.279. The lowest BCUT2D eigenvalue weighted by molar-refractivity contribution is -0.135. The van der Waals surface area contributed by atoms with Crippen molar-refractivity contribution in [3.63, 3.8) is 0 Å². The highest BCUT2D eigenvalue weighted by Crippen LogP contribution is 2.39. The van der Waals surface area contributed by atoms with E-state index < -0.39 is 0 Å². The molecule has 3 amide bonds. The Kier molecular flexibility index (Phi) is 15.0. The highest BCUT2D eigenvalue weighted by Gasteiger charge is 2.41. The zero-order chi connectivity index (χ0) is 41.2. The smallest absolute Gasteiger partial charge is 0.264 e. The van der Waals surface area contributed by atoms with Crippen molar-refractivity contribution in [1.82, 2.24) is 20.0 Å². The van der Waals surface area contributed by atoms with Crippen LogP contribution >= 0.6 is 11.3 Å². The Morgan fingerprint density at radius 3 is 2.63 bits per heavy atom. The van der Waals surface area contributed by atoms with Crippen LogP contribution in [0.25, 0.3) is 0 Å². The summed E-state index contributed by atoms with van der Waals surface area (Å²) in [6.45, 7) is 11.9. The van der Waals surface area contributed by atoms with Crippen molar-refractivity contribution in [2.24, 2.45) is 0 Å². The lowest BCUT2D eigenvalue weighted by Gasteiger charge is -2.47. The van der Waals surface area contributed by atoms with Crippen molar-refractivity contribution < 1.29 is 33.7 Å². The normalized spacial score (nSPS) is 18.4. The number of carbonyl (C=O) groups is 3. The molecule has 1 saturated carbocycles. The van der Waals surface area contributed by atoms with Gasteiger partial charge in [-0.05, 0) is 85.9 Å². The molecule has 3 aromatic rings. The van der Waals surface area contributed by atoms with Crippen molar-refractivity contribution in [2.75, 3.05) is 77.6 Å². The standard InChI is InChI=1S/C46H63N5O7S/c1-33(2)39-13-14-40(59-39)45(55)50-25-28-58-46(32-50)18-22-49(23-19-46)30-35-8-6-7-34(29-35)16-26-56-27-17-42(54)51(37-9-4-3-5-10-37)24-21-47-20-15-36-11-12-38(52)43-44(36)57-31-41(53)48-43/h6-8,11-14,29,33,37,47,52H,3-5,9-10,15-28,30-32H2,1-2H3,(H,48,53). The van der Waals surface area contributed by atoms with Crippen LogP contribution in [0.1, 0.15) is 102 Å². The van der Waals surface area contributed by atoms with E-state index in [1.807, 2.05) is 17.0 Å². The molecule has 0 radical (unpaired) electrons. The number of fused-ring (bicyclic) bond motifs is 1. The van der Waals surface area contributed by atoms with Gasteiger partial charge in [-0.3, -0.25) is 19.3 Å². The first kappa shape index (κ1) is 43.1. The summed E-state index contributed by atoms with van der Waals surface area (Å²) >= 11 is 1.62. The molecule has 59 heavy (non-hydrogen) atoms. The fourth-order valence-electron chi connectivity index (χ4n) is 8.97. The number of ether oxygens (including phenoxy) is 3. The van der Waals surface area contributed by atoms with Gasteiger partial charge in [-0.25, -0.2) is 0 Å². The minimum absolute atomic E-state index is 0.00309. The van der Waals surface area contributed by atoms with Gasteiger partial charge >= 0.3 is 0 Å². The number of phenolic OH excluding ortho intramolecular Hbond substituents is 1. The van der Waals surface area contributed by atoms with E-state index >= 15 is 0 Å². The van der Waals surface area contributed by atoms with Crippen LogP contribution < -0.4 is 15.4 Å². The second-order valence-corrected chi connectivity index (χ2v) is 18.1. The molecule has 0 bridgehead atoms. The van der Waals surface area contributed by atoms with Gasteiger partial charge in [0.25, 0.3) is 11.8 Å². The highest BCUT2D eigenvalue weighted by atomic mass is 32.1. The summed E-state index contributed by atoms with van der Waals surface area (Å²) in [5.74, 6) is 0.962. The molecule has 1 aliphatic carbocycles. The zero-order valence-electron chi connectivity index (χ0n) is 35.0. The number of rotatable bonds is 17. The average Bonchev–Trinajstić information content (AvgIpc) is 3.75. The lowest BCUT2D eigenvalue weighted by Crippen LogP contribution is -2.57. The molecule has 7 rings (SSSR count). The van der Waals surface area contributed by atoms with E-state index in [2.05, 4.69) is 64.6 Å². The van der Waals surface area contributed by atoms with Crippen LogP contribution in [-0.4, -0.2) is 121 Å². The third kappa shape index (κ3) is 11.4. The van der Waals surface area contributed by atoms with Crippen LogP contribution in [-0.2, 0) is 38.4 Å². The van der Waals surface area contributed by atoms with Crippen LogP contribution in [0.5, 0.6) is 11.5 Å². The number of carbonyl (C=O) groups excluding carboxylic acids is 3. The number of hydrogen-bond donors (Lipinski definition) is 3. The summed E-state index contributed by atoms with van der Waals surface area (Å²) in [5, 5.41) is 16.3. The molecular formula is C46H63N5O7S. The molecule has 320 valence electrons. The third-order valence-corrected chi connectivity index (χ3v) is 13.7. The summed E-state index contributed by atoms with van der Waals surface area (Å²) in [4.78, 5) is 47.3. The molecule has 1 aromatic heterocycles. The number of phenols is 1. The Balaban J connectivity index is 0.810. The van der Waals surface area contributed by atoms with E-state index in [0.717, 1.165) is 75.0 Å².